The van der Waals surface area contributed by atoms with Crippen molar-refractivity contribution < 1.29 is 19.1 Å². The lowest BCUT2D eigenvalue weighted by Gasteiger charge is -2.21. The van der Waals surface area contributed by atoms with Gasteiger partial charge in [-0.1, -0.05) is 0 Å². The van der Waals surface area contributed by atoms with Gasteiger partial charge in [-0.3, -0.25) is 9.48 Å². The zero-order valence-corrected chi connectivity index (χ0v) is 12.2. The van der Waals surface area contributed by atoms with Crippen LogP contribution in [0.5, 0.6) is 0 Å². The highest BCUT2D eigenvalue weighted by Crippen LogP contribution is 2.15. The highest BCUT2D eigenvalue weighted by atomic mass is 16.5. The Bertz CT molecular complexity index is 608. The van der Waals surface area contributed by atoms with Gasteiger partial charge in [-0.15, -0.1) is 0 Å². The highest BCUT2D eigenvalue weighted by molar-refractivity contribution is 5.91. The van der Waals surface area contributed by atoms with Crippen molar-refractivity contribution in [1.82, 2.24) is 14.7 Å². The number of carbonyl (C=O) groups excluding carboxylic acids is 1. The number of ether oxygens (including phenoxy) is 1. The summed E-state index contributed by atoms with van der Waals surface area (Å²) in [5.74, 6) is 0.762. The van der Waals surface area contributed by atoms with Gasteiger partial charge in [-0.25, -0.2) is 0 Å². The van der Waals surface area contributed by atoms with Crippen LogP contribution < -0.4 is 0 Å². The van der Waals surface area contributed by atoms with Gasteiger partial charge in [-0.05, 0) is 18.2 Å². The molecule has 1 N–H and O–H groups in total. The van der Waals surface area contributed by atoms with Gasteiger partial charge in [0.05, 0.1) is 19.8 Å². The summed E-state index contributed by atoms with van der Waals surface area (Å²) in [6.45, 7) is 2.43. The van der Waals surface area contributed by atoms with Gasteiger partial charge in [0.1, 0.15) is 5.76 Å². The van der Waals surface area contributed by atoms with Crippen LogP contribution in [0.25, 0.3) is 0 Å². The summed E-state index contributed by atoms with van der Waals surface area (Å²) >= 11 is 0. The van der Waals surface area contributed by atoms with Crippen LogP contribution in [0.3, 0.4) is 0 Å². The van der Waals surface area contributed by atoms with Crippen LogP contribution in [0.15, 0.2) is 35.0 Å². The molecule has 0 saturated carbocycles. The molecule has 1 fully saturated rings. The Balaban J connectivity index is 1.67. The van der Waals surface area contributed by atoms with E-state index in [-0.39, 0.29) is 18.4 Å². The number of hydrogen-bond donors (Lipinski definition) is 1. The molecule has 1 aliphatic heterocycles. The summed E-state index contributed by atoms with van der Waals surface area (Å²) in [7, 11) is 0. The van der Waals surface area contributed by atoms with E-state index in [1.54, 1.807) is 27.9 Å². The van der Waals surface area contributed by atoms with E-state index in [9.17, 15) is 9.90 Å². The normalized spacial score (nSPS) is 19.1. The van der Waals surface area contributed by atoms with E-state index in [0.717, 1.165) is 0 Å². The topological polar surface area (TPSA) is 80.7 Å². The van der Waals surface area contributed by atoms with Gasteiger partial charge in [0, 0.05) is 38.0 Å². The predicted octanol–water partition coefficient (Wildman–Crippen LogP) is 0.605. The van der Waals surface area contributed by atoms with Gasteiger partial charge in [0.15, 0.2) is 5.76 Å². The summed E-state index contributed by atoms with van der Waals surface area (Å²) in [6, 6.07) is 5.30. The van der Waals surface area contributed by atoms with E-state index in [1.807, 2.05) is 12.3 Å². The van der Waals surface area contributed by atoms with Crippen LogP contribution in [0.4, 0.5) is 0 Å². The van der Waals surface area contributed by atoms with Gasteiger partial charge >= 0.3 is 0 Å². The summed E-state index contributed by atoms with van der Waals surface area (Å²) in [4.78, 5) is 14.2. The molecule has 7 nitrogen and oxygen atoms in total. The number of furan rings is 1. The zero-order valence-electron chi connectivity index (χ0n) is 12.2. The van der Waals surface area contributed by atoms with Crippen molar-refractivity contribution in [2.45, 2.75) is 6.54 Å². The number of amides is 1. The maximum Gasteiger partial charge on any atom is 0.289 e. The number of nitrogens with zero attached hydrogens (tertiary/aromatic N) is 3. The second kappa shape index (κ2) is 6.76. The standard InChI is InChI=1S/C15H19N3O4/c19-10-12-8-17(6-7-21-11-12)15(20)14-3-2-13(22-14)9-18-5-1-4-16-18/h1-5,12,19H,6-11H2/t12-/m1/s1. The quantitative estimate of drug-likeness (QED) is 0.895. The summed E-state index contributed by atoms with van der Waals surface area (Å²) < 4.78 is 12.8. The molecule has 0 unspecified atom stereocenters. The maximum absolute atomic E-state index is 12.5. The van der Waals surface area contributed by atoms with Gasteiger partial charge in [-0.2, -0.15) is 5.10 Å². The van der Waals surface area contributed by atoms with Gasteiger partial charge in [0.25, 0.3) is 5.91 Å². The minimum atomic E-state index is -0.171. The average Bonchev–Trinajstić information content (AvgIpc) is 3.14. The number of aromatic nitrogens is 2. The molecule has 0 radical (unpaired) electrons. The lowest BCUT2D eigenvalue weighted by Crippen LogP contribution is -2.36. The van der Waals surface area contributed by atoms with Crippen LogP contribution in [0, 0.1) is 5.92 Å². The molecular formula is C15H19N3O4. The lowest BCUT2D eigenvalue weighted by molar-refractivity contribution is 0.0694. The molecule has 3 heterocycles. The molecule has 0 spiro atoms. The predicted molar refractivity (Wildman–Crippen MR) is 77.3 cm³/mol. The number of rotatable bonds is 4. The van der Waals surface area contributed by atoms with E-state index in [0.29, 0.717) is 44.4 Å². The maximum atomic E-state index is 12.5. The molecule has 1 aliphatic rings. The van der Waals surface area contributed by atoms with Crippen LogP contribution >= 0.6 is 0 Å². The molecule has 0 aromatic carbocycles. The molecular weight excluding hydrogens is 286 g/mol. The van der Waals surface area contributed by atoms with Crippen molar-refractivity contribution in [3.63, 3.8) is 0 Å². The SMILES string of the molecule is O=C(c1ccc(Cn2cccn2)o1)N1CCOC[C@@H](CO)C1. The Hall–Kier alpha value is -2.12. The Morgan fingerprint density at radius 1 is 1.45 bits per heavy atom. The van der Waals surface area contributed by atoms with Crippen molar-refractivity contribution in [2.24, 2.45) is 5.92 Å². The lowest BCUT2D eigenvalue weighted by atomic mass is 10.1. The Morgan fingerprint density at radius 2 is 2.36 bits per heavy atom. The largest absolute Gasteiger partial charge is 0.454 e. The summed E-state index contributed by atoms with van der Waals surface area (Å²) in [5, 5.41) is 13.4. The number of carbonyl (C=O) groups is 1. The molecule has 118 valence electrons. The summed E-state index contributed by atoms with van der Waals surface area (Å²) in [5.41, 5.74) is 0. The first kappa shape index (κ1) is 14.8. The Labute approximate surface area is 128 Å². The molecule has 7 heteroatoms. The second-order valence-corrected chi connectivity index (χ2v) is 5.34. The fourth-order valence-corrected chi connectivity index (χ4v) is 2.46. The van der Waals surface area contributed by atoms with E-state index in [1.165, 1.54) is 0 Å². The molecule has 1 atom stereocenters. The summed E-state index contributed by atoms with van der Waals surface area (Å²) in [6.07, 6.45) is 3.53. The molecule has 1 amide bonds. The van der Waals surface area contributed by atoms with Crippen LogP contribution in [-0.2, 0) is 11.3 Å². The fraction of sp³-hybridized carbons (Fsp3) is 0.467. The zero-order chi connectivity index (χ0) is 15.4. The van der Waals surface area contributed by atoms with Crippen molar-refractivity contribution in [1.29, 1.82) is 0 Å². The third-order valence-electron chi connectivity index (χ3n) is 3.63. The Kier molecular flexibility index (Phi) is 4.55. The van der Waals surface area contributed by atoms with E-state index >= 15 is 0 Å². The van der Waals surface area contributed by atoms with Crippen LogP contribution in [0.1, 0.15) is 16.3 Å². The minimum Gasteiger partial charge on any atom is -0.454 e. The number of aliphatic hydroxyl groups is 1. The minimum absolute atomic E-state index is 0.00643. The second-order valence-electron chi connectivity index (χ2n) is 5.34. The number of hydrogen-bond acceptors (Lipinski definition) is 5. The molecule has 3 rings (SSSR count). The molecule has 22 heavy (non-hydrogen) atoms. The van der Waals surface area contributed by atoms with Gasteiger partial charge in [0.2, 0.25) is 0 Å². The highest BCUT2D eigenvalue weighted by Gasteiger charge is 2.25. The van der Waals surface area contributed by atoms with Crippen LogP contribution in [-0.4, -0.2) is 58.6 Å². The first-order valence-electron chi connectivity index (χ1n) is 7.30. The van der Waals surface area contributed by atoms with E-state index in [4.69, 9.17) is 9.15 Å². The molecule has 0 aliphatic carbocycles. The van der Waals surface area contributed by atoms with E-state index in [2.05, 4.69) is 5.10 Å². The number of aliphatic hydroxyl groups excluding tert-OH is 1. The molecule has 2 aromatic rings. The van der Waals surface area contributed by atoms with Gasteiger partial charge < -0.3 is 19.2 Å². The van der Waals surface area contributed by atoms with E-state index < -0.39 is 0 Å². The van der Waals surface area contributed by atoms with Crippen LogP contribution in [0.2, 0.25) is 0 Å². The average molecular weight is 305 g/mol. The first-order chi connectivity index (χ1) is 10.8. The van der Waals surface area contributed by atoms with Crippen molar-refractivity contribution >= 4 is 5.91 Å². The third kappa shape index (κ3) is 3.37. The Morgan fingerprint density at radius 3 is 3.14 bits per heavy atom. The van der Waals surface area contributed by atoms with Crippen molar-refractivity contribution in [2.75, 3.05) is 32.9 Å². The monoisotopic (exact) mass is 305 g/mol. The first-order valence-corrected chi connectivity index (χ1v) is 7.30. The third-order valence-corrected chi connectivity index (χ3v) is 3.63. The molecule has 0 bridgehead atoms. The molecule has 2 aromatic heterocycles. The molecule has 1 saturated heterocycles. The fourth-order valence-electron chi connectivity index (χ4n) is 2.46. The van der Waals surface area contributed by atoms with Crippen molar-refractivity contribution in [3.8, 4) is 0 Å². The van der Waals surface area contributed by atoms with Crippen molar-refractivity contribution in [3.05, 3.63) is 42.1 Å². The smallest absolute Gasteiger partial charge is 0.289 e.